The molecule has 2 aliphatic carbocycles. The molecule has 2 saturated carbocycles. The molecule has 90 heavy (non-hydrogen) atoms. The van der Waals surface area contributed by atoms with E-state index in [9.17, 15) is 37.2 Å². The first-order valence-electron chi connectivity index (χ1n) is 29.6. The maximum Gasteiger partial charge on any atom is 0.407 e. The van der Waals surface area contributed by atoms with Gasteiger partial charge in [0, 0.05) is 78.8 Å². The molecular formula is C63H76BrN15O10S. The summed E-state index contributed by atoms with van der Waals surface area (Å²) < 4.78 is 33.1. The number of sulfonamides is 1. The second-order valence-electron chi connectivity index (χ2n) is 23.8. The van der Waals surface area contributed by atoms with E-state index < -0.39 is 51.7 Å². The summed E-state index contributed by atoms with van der Waals surface area (Å²) in [5.74, 6) is -0.570. The topological polar surface area (TPSA) is 356 Å². The number of hydrogen-bond acceptors (Lipinski definition) is 15. The van der Waals surface area contributed by atoms with Crippen LogP contribution in [-0.4, -0.2) is 140 Å². The lowest BCUT2D eigenvalue weighted by atomic mass is 9.81. The summed E-state index contributed by atoms with van der Waals surface area (Å²) in [4.78, 5) is 79.0. The molecule has 0 aliphatic heterocycles. The van der Waals surface area contributed by atoms with Crippen LogP contribution >= 0.6 is 15.9 Å². The summed E-state index contributed by atoms with van der Waals surface area (Å²) in [7, 11) is -0.681. The minimum absolute atomic E-state index is 0.142. The summed E-state index contributed by atoms with van der Waals surface area (Å²) in [5, 5.41) is 47.8. The number of aryl methyl sites for hydroxylation is 1. The Morgan fingerprint density at radius 3 is 1.82 bits per heavy atom. The Labute approximate surface area is 530 Å². The molecule has 2 aromatic heterocycles. The summed E-state index contributed by atoms with van der Waals surface area (Å²) in [6.07, 6.45) is 4.33. The Morgan fingerprint density at radius 2 is 1.28 bits per heavy atom. The number of halogens is 1. The lowest BCUT2D eigenvalue weighted by Gasteiger charge is -2.36. The largest absolute Gasteiger partial charge is 0.465 e. The Hall–Kier alpha value is -8.95. The predicted octanol–water partition coefficient (Wildman–Crippen LogP) is 8.22. The third-order valence-corrected chi connectivity index (χ3v) is 18.2. The standard InChI is InChI=1S/C34H40N8O6S.C29H36BrN7O4/c1-21-7-16-28(49(47,48)42(2)3)19-29(21)26-6-4-5-23(17-26)18-30(37-32(43)25-10-8-22(9-11-25)20-35-34(45)46)33(44)36-27-14-12-24(13-15-27)31-38-40-41-39-31;1-29(2,3)41-28(40)32-17-18-7-9-21(10-8-18)27(39)37(23-13-11-20(12-14-23)26-33-35-36-34-26)24(25(31)38)16-19-5-4-6-22(30)15-19/h4-7,12-17,19,22,25,30,35H,8-11,18,20H2,1-3H3,(H,36,44)(H,37,43)(H,45,46)(H,38,39,40,41);4-6,11-15,18,21,24H,7-10,16-17H2,1-3H3,(H2,31,38)(H,32,40)(H,33,34,35,36)/t22-,25-,30-;18-,21-,24-/m00/s1. The van der Waals surface area contributed by atoms with Crippen molar-refractivity contribution in [1.82, 2.24) is 61.5 Å². The number of H-pyrrole nitrogens is 2. The van der Waals surface area contributed by atoms with Crippen molar-refractivity contribution in [3.8, 4) is 33.9 Å². The van der Waals surface area contributed by atoms with E-state index in [1.165, 1.54) is 18.4 Å². The average molecular weight is 1320 g/mol. The van der Waals surface area contributed by atoms with Crippen LogP contribution in [0.1, 0.15) is 88.8 Å². The number of carbonyl (C=O) groups excluding carboxylic acids is 5. The van der Waals surface area contributed by atoms with Crippen LogP contribution in [0.25, 0.3) is 33.9 Å². The van der Waals surface area contributed by atoms with Gasteiger partial charge < -0.3 is 36.8 Å². The molecule has 9 N–H and O–H groups in total. The van der Waals surface area contributed by atoms with E-state index in [4.69, 9.17) is 15.6 Å². The van der Waals surface area contributed by atoms with Gasteiger partial charge in [-0.2, -0.15) is 0 Å². The number of benzene rings is 5. The van der Waals surface area contributed by atoms with Gasteiger partial charge >= 0.3 is 12.2 Å². The molecule has 0 bridgehead atoms. The van der Waals surface area contributed by atoms with E-state index in [0.717, 1.165) is 56.3 Å². The van der Waals surface area contributed by atoms with E-state index in [1.54, 1.807) is 71.6 Å². The molecule has 0 spiro atoms. The molecule has 2 aliphatic rings. The fourth-order valence-electron chi connectivity index (χ4n) is 11.0. The Balaban J connectivity index is 0.000000236. The van der Waals surface area contributed by atoms with Crippen molar-refractivity contribution in [3.05, 3.63) is 136 Å². The van der Waals surface area contributed by atoms with Gasteiger partial charge in [-0.3, -0.25) is 24.1 Å². The highest BCUT2D eigenvalue weighted by molar-refractivity contribution is 9.10. The summed E-state index contributed by atoms with van der Waals surface area (Å²) in [5.41, 5.74) is 12.0. The van der Waals surface area contributed by atoms with Gasteiger partial charge in [-0.1, -0.05) is 58.4 Å². The second-order valence-corrected chi connectivity index (χ2v) is 26.9. The zero-order valence-corrected chi connectivity index (χ0v) is 53.4. The number of amides is 6. The number of nitrogens with two attached hydrogens (primary N) is 1. The molecule has 0 saturated heterocycles. The second kappa shape index (κ2) is 30.5. The zero-order valence-electron chi connectivity index (χ0n) is 51.0. The lowest BCUT2D eigenvalue weighted by Crippen LogP contribution is -2.52. The molecule has 27 heteroatoms. The molecule has 9 rings (SSSR count). The number of nitrogens with zero attached hydrogens (tertiary/aromatic N) is 8. The summed E-state index contributed by atoms with van der Waals surface area (Å²) in [6.45, 7) is 8.21. The van der Waals surface area contributed by atoms with Crippen LogP contribution in [-0.2, 0) is 46.8 Å². The number of rotatable bonds is 21. The van der Waals surface area contributed by atoms with Gasteiger partial charge in [-0.25, -0.2) is 32.5 Å². The highest BCUT2D eigenvalue weighted by Gasteiger charge is 2.37. The Kier molecular flexibility index (Phi) is 22.7. The molecule has 2 fully saturated rings. The Morgan fingerprint density at radius 1 is 0.711 bits per heavy atom. The number of anilines is 2. The number of alkyl carbamates (subject to hydrolysis) is 1. The van der Waals surface area contributed by atoms with Crippen LogP contribution in [0, 0.1) is 30.6 Å². The molecule has 6 amide bonds. The Bertz CT molecular complexity index is 3700. The van der Waals surface area contributed by atoms with Gasteiger partial charge in [0.2, 0.25) is 33.7 Å². The normalized spacial score (nSPS) is 17.3. The van der Waals surface area contributed by atoms with Crippen LogP contribution < -0.4 is 31.9 Å². The van der Waals surface area contributed by atoms with E-state index in [1.807, 2.05) is 76.2 Å². The zero-order chi connectivity index (χ0) is 64.7. The van der Waals surface area contributed by atoms with Crippen molar-refractivity contribution in [3.63, 3.8) is 0 Å². The average Bonchev–Trinajstić information content (AvgIpc) is 1.09. The summed E-state index contributed by atoms with van der Waals surface area (Å²) >= 11 is 3.48. The quantitative estimate of drug-likeness (QED) is 0.0336. The minimum Gasteiger partial charge on any atom is -0.465 e. The lowest BCUT2D eigenvalue weighted by molar-refractivity contribution is -0.130. The molecule has 0 unspecified atom stereocenters. The van der Waals surface area contributed by atoms with Crippen molar-refractivity contribution in [2.24, 2.45) is 29.4 Å². The van der Waals surface area contributed by atoms with Gasteiger partial charge in [0.05, 0.1) is 4.90 Å². The van der Waals surface area contributed by atoms with Crippen LogP contribution in [0.5, 0.6) is 0 Å². The van der Waals surface area contributed by atoms with Crippen LogP contribution in [0.4, 0.5) is 21.0 Å². The number of primary amides is 1. The van der Waals surface area contributed by atoms with E-state index in [2.05, 4.69) is 78.4 Å². The molecular weight excluding hydrogens is 1240 g/mol. The van der Waals surface area contributed by atoms with Crippen molar-refractivity contribution in [2.75, 3.05) is 37.4 Å². The van der Waals surface area contributed by atoms with Crippen molar-refractivity contribution < 1.29 is 47.0 Å². The molecule has 476 valence electrons. The number of ether oxygens (including phenoxy) is 1. The first-order chi connectivity index (χ1) is 42.9. The first-order valence-corrected chi connectivity index (χ1v) is 31.9. The number of tetrazole rings is 2. The van der Waals surface area contributed by atoms with Crippen molar-refractivity contribution in [1.29, 1.82) is 0 Å². The first kappa shape index (κ1) is 67.0. The predicted molar refractivity (Wildman–Crippen MR) is 340 cm³/mol. The van der Waals surface area contributed by atoms with Crippen molar-refractivity contribution in [2.45, 2.75) is 114 Å². The highest BCUT2D eigenvalue weighted by atomic mass is 79.9. The number of aromatic nitrogens is 8. The monoisotopic (exact) mass is 1310 g/mol. The van der Waals surface area contributed by atoms with Crippen LogP contribution in [0.3, 0.4) is 0 Å². The van der Waals surface area contributed by atoms with Crippen molar-refractivity contribution >= 4 is 73.1 Å². The number of carbonyl (C=O) groups is 6. The SMILES string of the molecule is CC(C)(C)OC(=O)NC[C@H]1CC[C@H](C(=O)N(c2ccc(-c3nnn[nH]3)cc2)[C@@H](Cc2cccc(Br)c2)C(N)=O)CC1.Cc1ccc(S(=O)(=O)N(C)C)cc1-c1cccc(C[C@H](NC(=O)[C@H]2CC[C@H](CNC(=O)O)CC2)C(=O)Nc2ccc(-c3nnn[nH]3)cc2)c1. The number of carboxylic acid groups (broad SMARTS) is 1. The van der Waals surface area contributed by atoms with Gasteiger partial charge in [0.15, 0.2) is 11.6 Å². The van der Waals surface area contributed by atoms with E-state index >= 15 is 0 Å². The minimum atomic E-state index is -3.65. The van der Waals surface area contributed by atoms with E-state index in [0.29, 0.717) is 74.6 Å². The maximum absolute atomic E-state index is 14.1. The molecule has 7 aromatic rings. The van der Waals surface area contributed by atoms with Gasteiger partial charge in [-0.15, -0.1) is 10.2 Å². The molecule has 5 aromatic carbocycles. The summed E-state index contributed by atoms with van der Waals surface area (Å²) in [6, 6.07) is 32.4. The fraction of sp³-hybridized carbons (Fsp3) is 0.397. The van der Waals surface area contributed by atoms with Gasteiger partial charge in [0.1, 0.15) is 17.7 Å². The molecule has 0 radical (unpaired) electrons. The van der Waals surface area contributed by atoms with Gasteiger partial charge in [0.25, 0.3) is 0 Å². The molecule has 2 atom stereocenters. The fourth-order valence-corrected chi connectivity index (χ4v) is 12.4. The molecule has 2 heterocycles. The number of aromatic amines is 2. The third kappa shape index (κ3) is 18.6. The number of hydrogen-bond donors (Lipinski definition) is 8. The molecule has 25 nitrogen and oxygen atoms in total. The van der Waals surface area contributed by atoms with E-state index in [-0.39, 0.29) is 53.2 Å². The third-order valence-electron chi connectivity index (χ3n) is 15.9. The maximum atomic E-state index is 14.1. The van der Waals surface area contributed by atoms with Crippen LogP contribution in [0.15, 0.2) is 125 Å². The smallest absolute Gasteiger partial charge is 0.407 e. The highest BCUT2D eigenvalue weighted by Crippen LogP contribution is 2.35. The van der Waals surface area contributed by atoms with Gasteiger partial charge in [-0.05, 0) is 212 Å². The van der Waals surface area contributed by atoms with Crippen LogP contribution in [0.2, 0.25) is 0 Å². The number of nitrogens with one attached hydrogen (secondary N) is 6.